The van der Waals surface area contributed by atoms with Crippen molar-refractivity contribution in [1.29, 1.82) is 0 Å². The van der Waals surface area contributed by atoms with E-state index in [0.29, 0.717) is 0 Å². The van der Waals surface area contributed by atoms with Crippen LogP contribution in [0.15, 0.2) is 19.4 Å². The summed E-state index contributed by atoms with van der Waals surface area (Å²) in [4.78, 5) is 0. The maximum Gasteiger partial charge on any atom is 0.0219 e. The fourth-order valence-electron chi connectivity index (χ4n) is 1.20. The minimum absolute atomic E-state index is 1.15. The predicted octanol–water partition coefficient (Wildman–Crippen LogP) is 3.65. The van der Waals surface area contributed by atoms with Gasteiger partial charge in [0.15, 0.2) is 0 Å². The van der Waals surface area contributed by atoms with Crippen molar-refractivity contribution in [2.45, 2.75) is 20.8 Å². The third kappa shape index (κ3) is 2.35. The molecule has 0 bridgehead atoms. The first-order valence-corrected chi connectivity index (χ1v) is 4.61. The summed E-state index contributed by atoms with van der Waals surface area (Å²) < 4.78 is 2.08. The summed E-state index contributed by atoms with van der Waals surface area (Å²) in [5, 5.41) is 0. The van der Waals surface area contributed by atoms with Gasteiger partial charge in [-0.15, -0.1) is 0 Å². The van der Waals surface area contributed by atoms with Crippen molar-refractivity contribution in [2.75, 3.05) is 0 Å². The zero-order chi connectivity index (χ0) is 10.4. The second-order valence-electron chi connectivity index (χ2n) is 2.60. The van der Waals surface area contributed by atoms with E-state index >= 15 is 0 Å². The number of nitrogens with zero attached hydrogens (tertiary/aromatic N) is 1. The summed E-state index contributed by atoms with van der Waals surface area (Å²) in [6.07, 6.45) is 5.77. The highest BCUT2D eigenvalue weighted by molar-refractivity contribution is 5.65. The first-order valence-electron chi connectivity index (χ1n) is 4.61. The molecular formula is C12H19N. The van der Waals surface area contributed by atoms with Crippen LogP contribution in [0, 0.1) is 6.92 Å². The highest BCUT2D eigenvalue weighted by atomic mass is 14.9. The molecule has 0 N–H and O–H groups in total. The molecule has 0 radical (unpaired) electrons. The number of rotatable bonds is 2. The molecule has 0 saturated carbocycles. The summed E-state index contributed by atoms with van der Waals surface area (Å²) in [6, 6.07) is 0. The number of aryl methyl sites for hydroxylation is 1. The van der Waals surface area contributed by atoms with E-state index < -0.39 is 0 Å². The molecule has 0 fully saturated rings. The molecule has 13 heavy (non-hydrogen) atoms. The molecule has 1 heterocycles. The number of aromatic nitrogens is 1. The minimum atomic E-state index is 1.15. The van der Waals surface area contributed by atoms with E-state index in [9.17, 15) is 0 Å². The Labute approximate surface area is 81.4 Å². The van der Waals surface area contributed by atoms with Gasteiger partial charge in [-0.2, -0.15) is 0 Å². The monoisotopic (exact) mass is 177 g/mol. The van der Waals surface area contributed by atoms with Crippen LogP contribution in [0.1, 0.15) is 30.7 Å². The van der Waals surface area contributed by atoms with E-state index in [1.165, 1.54) is 11.3 Å². The maximum atomic E-state index is 3.75. The van der Waals surface area contributed by atoms with E-state index in [2.05, 4.69) is 30.8 Å². The summed E-state index contributed by atoms with van der Waals surface area (Å²) in [6.45, 7) is 13.6. The van der Waals surface area contributed by atoms with Gasteiger partial charge in [0.25, 0.3) is 0 Å². The van der Waals surface area contributed by atoms with Gasteiger partial charge in [0.05, 0.1) is 0 Å². The van der Waals surface area contributed by atoms with Crippen molar-refractivity contribution in [3.05, 3.63) is 36.2 Å². The summed E-state index contributed by atoms with van der Waals surface area (Å²) >= 11 is 0. The van der Waals surface area contributed by atoms with Crippen molar-refractivity contribution >= 4 is 12.2 Å². The molecule has 1 nitrogen and oxygen atoms in total. The molecule has 0 spiro atoms. The van der Waals surface area contributed by atoms with Gasteiger partial charge in [0, 0.05) is 24.5 Å². The maximum absolute atomic E-state index is 3.75. The SMILES string of the molecule is C=Cc1cn(C)c(C)c1C=C.CC. The van der Waals surface area contributed by atoms with Gasteiger partial charge in [-0.1, -0.05) is 39.2 Å². The van der Waals surface area contributed by atoms with Gasteiger partial charge in [-0.05, 0) is 12.5 Å². The molecule has 1 aromatic rings. The molecule has 0 amide bonds. The topological polar surface area (TPSA) is 4.93 Å². The number of hydrogen-bond donors (Lipinski definition) is 0. The molecule has 72 valence electrons. The molecule has 1 aromatic heterocycles. The van der Waals surface area contributed by atoms with Gasteiger partial charge >= 0.3 is 0 Å². The summed E-state index contributed by atoms with van der Waals surface area (Å²) in [5.41, 5.74) is 3.57. The fourth-order valence-corrected chi connectivity index (χ4v) is 1.20. The Hall–Kier alpha value is -1.24. The normalized spacial score (nSPS) is 8.62. The molecule has 0 aliphatic rings. The standard InChI is InChI=1S/C10H13N.C2H6/c1-5-9-7-11(4)8(3)10(9)6-2;1-2/h5-7H,1-2H2,3-4H3;1-2H3. The van der Waals surface area contributed by atoms with Crippen LogP contribution in [0.3, 0.4) is 0 Å². The lowest BCUT2D eigenvalue weighted by molar-refractivity contribution is 0.880. The van der Waals surface area contributed by atoms with E-state index in [-0.39, 0.29) is 0 Å². The Morgan fingerprint density at radius 3 is 2.08 bits per heavy atom. The lowest BCUT2D eigenvalue weighted by Crippen LogP contribution is -1.87. The molecule has 0 atom stereocenters. The number of hydrogen-bond acceptors (Lipinski definition) is 0. The summed E-state index contributed by atoms with van der Waals surface area (Å²) in [7, 11) is 2.02. The van der Waals surface area contributed by atoms with Crippen LogP contribution in [-0.4, -0.2) is 4.57 Å². The molecule has 0 aromatic carbocycles. The second kappa shape index (κ2) is 5.41. The van der Waals surface area contributed by atoms with Gasteiger partial charge in [-0.25, -0.2) is 0 Å². The summed E-state index contributed by atoms with van der Waals surface area (Å²) in [5.74, 6) is 0. The fraction of sp³-hybridized carbons (Fsp3) is 0.333. The lowest BCUT2D eigenvalue weighted by Gasteiger charge is -1.95. The zero-order valence-electron chi connectivity index (χ0n) is 9.09. The molecular weight excluding hydrogens is 158 g/mol. The Balaban J connectivity index is 0.000000671. The van der Waals surface area contributed by atoms with Gasteiger partial charge in [0.2, 0.25) is 0 Å². The quantitative estimate of drug-likeness (QED) is 0.650. The third-order valence-corrected chi connectivity index (χ3v) is 1.99. The molecule has 0 saturated heterocycles. The lowest BCUT2D eigenvalue weighted by atomic mass is 10.1. The van der Waals surface area contributed by atoms with Crippen LogP contribution in [0.2, 0.25) is 0 Å². The first-order chi connectivity index (χ1) is 6.20. The smallest absolute Gasteiger partial charge is 0.0219 e. The average Bonchev–Trinajstić information content (AvgIpc) is 2.46. The average molecular weight is 177 g/mol. The highest BCUT2D eigenvalue weighted by Gasteiger charge is 2.03. The van der Waals surface area contributed by atoms with E-state index in [1.54, 1.807) is 0 Å². The minimum Gasteiger partial charge on any atom is -0.353 e. The van der Waals surface area contributed by atoms with E-state index in [0.717, 1.165) is 5.56 Å². The van der Waals surface area contributed by atoms with Crippen LogP contribution in [0.4, 0.5) is 0 Å². The Morgan fingerprint density at radius 1 is 1.23 bits per heavy atom. The van der Waals surface area contributed by atoms with Crippen molar-refractivity contribution in [1.82, 2.24) is 4.57 Å². The first kappa shape index (κ1) is 11.8. The van der Waals surface area contributed by atoms with Crippen molar-refractivity contribution in [2.24, 2.45) is 7.05 Å². The highest BCUT2D eigenvalue weighted by Crippen LogP contribution is 2.17. The molecule has 0 unspecified atom stereocenters. The van der Waals surface area contributed by atoms with Gasteiger partial charge in [-0.3, -0.25) is 0 Å². The van der Waals surface area contributed by atoms with Crippen molar-refractivity contribution < 1.29 is 0 Å². The van der Waals surface area contributed by atoms with Gasteiger partial charge < -0.3 is 4.57 Å². The Morgan fingerprint density at radius 2 is 1.77 bits per heavy atom. The second-order valence-corrected chi connectivity index (χ2v) is 2.60. The van der Waals surface area contributed by atoms with Crippen LogP contribution >= 0.6 is 0 Å². The van der Waals surface area contributed by atoms with Crippen LogP contribution in [-0.2, 0) is 7.05 Å². The van der Waals surface area contributed by atoms with E-state index in [1.807, 2.05) is 33.0 Å². The van der Waals surface area contributed by atoms with Gasteiger partial charge in [0.1, 0.15) is 0 Å². The Kier molecular flexibility index (Phi) is 4.90. The van der Waals surface area contributed by atoms with Crippen LogP contribution in [0.25, 0.3) is 12.2 Å². The predicted molar refractivity (Wildman–Crippen MR) is 61.7 cm³/mol. The zero-order valence-corrected chi connectivity index (χ0v) is 9.09. The van der Waals surface area contributed by atoms with Crippen LogP contribution in [0.5, 0.6) is 0 Å². The Bertz CT molecular complexity index is 292. The van der Waals surface area contributed by atoms with E-state index in [4.69, 9.17) is 0 Å². The largest absolute Gasteiger partial charge is 0.353 e. The molecule has 1 rings (SSSR count). The van der Waals surface area contributed by atoms with Crippen molar-refractivity contribution in [3.8, 4) is 0 Å². The molecule has 0 aliphatic heterocycles. The molecule has 1 heteroatoms. The molecule has 0 aliphatic carbocycles. The third-order valence-electron chi connectivity index (χ3n) is 1.99. The van der Waals surface area contributed by atoms with Crippen molar-refractivity contribution in [3.63, 3.8) is 0 Å². The van der Waals surface area contributed by atoms with Crippen LogP contribution < -0.4 is 0 Å².